The van der Waals surface area contributed by atoms with Gasteiger partial charge in [0.2, 0.25) is 0 Å². The summed E-state index contributed by atoms with van der Waals surface area (Å²) in [5.74, 6) is -0.125. The van der Waals surface area contributed by atoms with Crippen molar-refractivity contribution in [2.45, 2.75) is 6.92 Å². The highest BCUT2D eigenvalue weighted by molar-refractivity contribution is 14.1. The summed E-state index contributed by atoms with van der Waals surface area (Å²) in [7, 11) is 0. The van der Waals surface area contributed by atoms with E-state index in [4.69, 9.17) is 16.9 Å². The summed E-state index contributed by atoms with van der Waals surface area (Å²) in [5, 5.41) is 8.95. The zero-order valence-electron chi connectivity index (χ0n) is 6.77. The Morgan fingerprint density at radius 3 is 2.69 bits per heavy atom. The molecule has 0 aromatic heterocycles. The molecule has 0 saturated carbocycles. The van der Waals surface area contributed by atoms with Gasteiger partial charge in [0.15, 0.2) is 5.78 Å². The summed E-state index contributed by atoms with van der Waals surface area (Å²) in [6.07, 6.45) is 0. The predicted octanol–water partition coefficient (Wildman–Crippen LogP) is 3.02. The van der Waals surface area contributed by atoms with Crippen LogP contribution in [0.15, 0.2) is 12.1 Å². The molecule has 4 heteroatoms. The lowest BCUT2D eigenvalue weighted by atomic mass is 10.1. The first kappa shape index (κ1) is 10.5. The average molecular weight is 306 g/mol. The zero-order chi connectivity index (χ0) is 10.0. The van der Waals surface area contributed by atoms with Gasteiger partial charge in [-0.15, -0.1) is 0 Å². The van der Waals surface area contributed by atoms with E-state index >= 15 is 0 Å². The number of Topliss-reactive ketones (excluding diaryl/α,β-unsaturated/α-hetero) is 1. The number of carbonyl (C=O) groups is 1. The van der Waals surface area contributed by atoms with Crippen molar-refractivity contribution in [3.05, 3.63) is 31.9 Å². The molecule has 0 heterocycles. The molecule has 0 aliphatic carbocycles. The molecule has 0 N–H and O–H groups in total. The lowest BCUT2D eigenvalue weighted by molar-refractivity contribution is 0.101. The quantitative estimate of drug-likeness (QED) is 0.591. The predicted molar refractivity (Wildman–Crippen MR) is 58.9 cm³/mol. The number of hydrogen-bond donors (Lipinski definition) is 0. The van der Waals surface area contributed by atoms with Gasteiger partial charge in [0.05, 0.1) is 10.6 Å². The first-order valence-electron chi connectivity index (χ1n) is 3.46. The number of benzene rings is 1. The van der Waals surface area contributed by atoms with Gasteiger partial charge in [0, 0.05) is 9.13 Å². The van der Waals surface area contributed by atoms with Gasteiger partial charge in [-0.05, 0) is 41.6 Å². The van der Waals surface area contributed by atoms with Crippen LogP contribution in [0.25, 0.3) is 0 Å². The Balaban J connectivity index is 3.47. The monoisotopic (exact) mass is 305 g/mol. The van der Waals surface area contributed by atoms with Gasteiger partial charge in [0.25, 0.3) is 0 Å². The van der Waals surface area contributed by atoms with E-state index in [1.807, 2.05) is 28.7 Å². The maximum atomic E-state index is 11.1. The first-order chi connectivity index (χ1) is 6.06. The maximum Gasteiger partial charge on any atom is 0.161 e. The SMILES string of the molecule is CC(=O)c1cc(I)cc(C#N)c1Cl. The van der Waals surface area contributed by atoms with Crippen LogP contribution in [0.3, 0.4) is 0 Å². The van der Waals surface area contributed by atoms with Gasteiger partial charge in [-0.3, -0.25) is 4.79 Å². The fraction of sp³-hybridized carbons (Fsp3) is 0.111. The Bertz CT molecular complexity index is 409. The van der Waals surface area contributed by atoms with Crippen LogP contribution in [0.4, 0.5) is 0 Å². The molecule has 0 atom stereocenters. The Kier molecular flexibility index (Phi) is 3.28. The van der Waals surface area contributed by atoms with Crippen molar-refractivity contribution in [1.82, 2.24) is 0 Å². The number of nitriles is 1. The summed E-state index contributed by atoms with van der Waals surface area (Å²) in [5.41, 5.74) is 0.754. The molecule has 66 valence electrons. The molecule has 1 rings (SSSR count). The van der Waals surface area contributed by atoms with Gasteiger partial charge in [-0.2, -0.15) is 5.26 Å². The van der Waals surface area contributed by atoms with E-state index in [9.17, 15) is 4.79 Å². The van der Waals surface area contributed by atoms with Gasteiger partial charge in [-0.25, -0.2) is 0 Å². The molecular formula is C9H5ClINO. The molecule has 2 nitrogen and oxygen atoms in total. The third-order valence-electron chi connectivity index (χ3n) is 1.54. The van der Waals surface area contributed by atoms with Crippen molar-refractivity contribution in [1.29, 1.82) is 5.26 Å². The summed E-state index contributed by atoms with van der Waals surface area (Å²) in [6.45, 7) is 1.43. The van der Waals surface area contributed by atoms with E-state index in [2.05, 4.69) is 0 Å². The fourth-order valence-electron chi connectivity index (χ4n) is 0.927. The van der Waals surface area contributed by atoms with E-state index in [0.717, 1.165) is 3.57 Å². The van der Waals surface area contributed by atoms with E-state index in [-0.39, 0.29) is 10.8 Å². The van der Waals surface area contributed by atoms with Crippen molar-refractivity contribution in [2.75, 3.05) is 0 Å². The second kappa shape index (κ2) is 4.07. The summed E-state index contributed by atoms with van der Waals surface area (Å²) >= 11 is 7.87. The Morgan fingerprint density at radius 1 is 1.62 bits per heavy atom. The van der Waals surface area contributed by atoms with E-state index in [1.165, 1.54) is 6.92 Å². The second-order valence-electron chi connectivity index (χ2n) is 2.48. The number of ketones is 1. The minimum absolute atomic E-state index is 0.125. The first-order valence-corrected chi connectivity index (χ1v) is 4.92. The maximum absolute atomic E-state index is 11.1. The molecular weight excluding hydrogens is 300 g/mol. The normalized spacial score (nSPS) is 9.38. The molecule has 0 radical (unpaired) electrons. The molecule has 0 aliphatic rings. The van der Waals surface area contributed by atoms with E-state index in [0.29, 0.717) is 11.1 Å². The molecule has 0 fully saturated rings. The Hall–Kier alpha value is -0.600. The van der Waals surface area contributed by atoms with Crippen molar-refractivity contribution in [3.63, 3.8) is 0 Å². The van der Waals surface area contributed by atoms with Crippen LogP contribution in [0.5, 0.6) is 0 Å². The van der Waals surface area contributed by atoms with Crippen LogP contribution >= 0.6 is 34.2 Å². The van der Waals surface area contributed by atoms with Crippen LogP contribution in [0, 0.1) is 14.9 Å². The molecule has 13 heavy (non-hydrogen) atoms. The van der Waals surface area contributed by atoms with Gasteiger partial charge in [0.1, 0.15) is 6.07 Å². The topological polar surface area (TPSA) is 40.9 Å². The van der Waals surface area contributed by atoms with E-state index in [1.54, 1.807) is 12.1 Å². The van der Waals surface area contributed by atoms with Crippen molar-refractivity contribution >= 4 is 40.0 Å². The Morgan fingerprint density at radius 2 is 2.23 bits per heavy atom. The molecule has 0 saturated heterocycles. The van der Waals surface area contributed by atoms with Crippen molar-refractivity contribution in [2.24, 2.45) is 0 Å². The van der Waals surface area contributed by atoms with Crippen LogP contribution in [-0.4, -0.2) is 5.78 Å². The summed E-state index contributed by atoms with van der Waals surface area (Å²) < 4.78 is 0.837. The largest absolute Gasteiger partial charge is 0.294 e. The standard InChI is InChI=1S/C9H5ClINO/c1-5(13)8-3-7(11)2-6(4-12)9(8)10/h2-3H,1H3. The van der Waals surface area contributed by atoms with Gasteiger partial charge in [-0.1, -0.05) is 11.6 Å². The molecule has 0 bridgehead atoms. The highest BCUT2D eigenvalue weighted by atomic mass is 127. The van der Waals surface area contributed by atoms with Crippen LogP contribution in [-0.2, 0) is 0 Å². The number of carbonyl (C=O) groups excluding carboxylic acids is 1. The van der Waals surface area contributed by atoms with Gasteiger partial charge >= 0.3 is 0 Å². The molecule has 0 spiro atoms. The fourth-order valence-corrected chi connectivity index (χ4v) is 1.83. The molecule has 0 amide bonds. The van der Waals surface area contributed by atoms with Crippen molar-refractivity contribution < 1.29 is 4.79 Å². The zero-order valence-corrected chi connectivity index (χ0v) is 9.68. The number of hydrogen-bond acceptors (Lipinski definition) is 2. The molecule has 0 aliphatic heterocycles. The minimum Gasteiger partial charge on any atom is -0.294 e. The lowest BCUT2D eigenvalue weighted by Crippen LogP contribution is -1.96. The molecule has 0 unspecified atom stereocenters. The highest BCUT2D eigenvalue weighted by Crippen LogP contribution is 2.23. The minimum atomic E-state index is -0.125. The van der Waals surface area contributed by atoms with Crippen molar-refractivity contribution in [3.8, 4) is 6.07 Å². The van der Waals surface area contributed by atoms with Gasteiger partial charge < -0.3 is 0 Å². The lowest BCUT2D eigenvalue weighted by Gasteiger charge is -2.02. The third kappa shape index (κ3) is 2.20. The summed E-state index contributed by atoms with van der Waals surface area (Å²) in [6, 6.07) is 5.26. The summed E-state index contributed by atoms with van der Waals surface area (Å²) in [4.78, 5) is 11.1. The molecule has 1 aromatic carbocycles. The highest BCUT2D eigenvalue weighted by Gasteiger charge is 2.10. The Labute approximate surface area is 94.6 Å². The van der Waals surface area contributed by atoms with Crippen LogP contribution < -0.4 is 0 Å². The number of halogens is 2. The van der Waals surface area contributed by atoms with Crippen LogP contribution in [0.1, 0.15) is 22.8 Å². The molecule has 1 aromatic rings. The average Bonchev–Trinajstić information content (AvgIpc) is 2.08. The third-order valence-corrected chi connectivity index (χ3v) is 2.57. The number of rotatable bonds is 1. The van der Waals surface area contributed by atoms with E-state index < -0.39 is 0 Å². The second-order valence-corrected chi connectivity index (χ2v) is 4.11. The smallest absolute Gasteiger partial charge is 0.161 e. The van der Waals surface area contributed by atoms with Crippen LogP contribution in [0.2, 0.25) is 5.02 Å². The number of nitrogens with zero attached hydrogens (tertiary/aromatic N) is 1.